The summed E-state index contributed by atoms with van der Waals surface area (Å²) >= 11 is 0. The monoisotopic (exact) mass is 226 g/mol. The van der Waals surface area contributed by atoms with Crippen molar-refractivity contribution in [2.45, 2.75) is 13.5 Å². The Bertz CT molecular complexity index is 382. The zero-order valence-electron chi connectivity index (χ0n) is 9.24. The second-order valence-corrected chi connectivity index (χ2v) is 3.20. The first kappa shape index (κ1) is 12.0. The first-order valence-electron chi connectivity index (χ1n) is 4.83. The van der Waals surface area contributed by atoms with E-state index >= 15 is 0 Å². The van der Waals surface area contributed by atoms with Crippen LogP contribution in [-0.4, -0.2) is 19.0 Å². The fraction of sp³-hybridized carbons (Fsp3) is 0.273. The zero-order chi connectivity index (χ0) is 12.0. The highest BCUT2D eigenvalue weighted by molar-refractivity contribution is 5.88. The molecule has 0 fully saturated rings. The molecule has 1 aromatic carbocycles. The molecule has 0 aliphatic carbocycles. The molecule has 0 saturated heterocycles. The quantitative estimate of drug-likeness (QED) is 0.828. The lowest BCUT2D eigenvalue weighted by Gasteiger charge is -2.05. The molecule has 0 radical (unpaired) electrons. The molecule has 0 aliphatic rings. The lowest BCUT2D eigenvalue weighted by molar-refractivity contribution is -0.114. The molecular weight excluding hydrogens is 208 g/mol. The lowest BCUT2D eigenvalue weighted by atomic mass is 10.2. The number of carbonyl (C=O) groups is 2. The van der Waals surface area contributed by atoms with Crippen LogP contribution >= 0.6 is 0 Å². The first-order chi connectivity index (χ1) is 7.61. The van der Waals surface area contributed by atoms with Crippen molar-refractivity contribution in [3.05, 3.63) is 29.8 Å². The minimum atomic E-state index is -0.467. The van der Waals surface area contributed by atoms with Gasteiger partial charge in [-0.1, -0.05) is 12.1 Å². The molecule has 16 heavy (non-hydrogen) atoms. The van der Waals surface area contributed by atoms with E-state index in [1.54, 1.807) is 24.3 Å². The SMILES string of the molecule is CNC(=O)OCc1ccc(NC(C)=O)cc1.[HH].[HH]. The van der Waals surface area contributed by atoms with Crippen LogP contribution in [0.3, 0.4) is 0 Å². The summed E-state index contributed by atoms with van der Waals surface area (Å²) in [4.78, 5) is 21.6. The fourth-order valence-electron chi connectivity index (χ4n) is 1.11. The van der Waals surface area contributed by atoms with Crippen molar-refractivity contribution < 1.29 is 17.2 Å². The van der Waals surface area contributed by atoms with E-state index in [2.05, 4.69) is 10.6 Å². The third kappa shape index (κ3) is 4.00. The van der Waals surface area contributed by atoms with Crippen LogP contribution in [0, 0.1) is 0 Å². The lowest BCUT2D eigenvalue weighted by Crippen LogP contribution is -2.18. The van der Waals surface area contributed by atoms with E-state index in [9.17, 15) is 9.59 Å². The highest BCUT2D eigenvalue weighted by Gasteiger charge is 2.00. The summed E-state index contributed by atoms with van der Waals surface area (Å²) in [7, 11) is 1.50. The Morgan fingerprint density at radius 1 is 1.31 bits per heavy atom. The van der Waals surface area contributed by atoms with Crippen LogP contribution < -0.4 is 10.6 Å². The van der Waals surface area contributed by atoms with E-state index in [1.165, 1.54) is 14.0 Å². The van der Waals surface area contributed by atoms with Crippen molar-refractivity contribution in [1.82, 2.24) is 5.32 Å². The molecule has 1 rings (SSSR count). The molecule has 0 atom stereocenters. The second-order valence-electron chi connectivity index (χ2n) is 3.20. The predicted molar refractivity (Wildman–Crippen MR) is 64.2 cm³/mol. The molecule has 0 spiro atoms. The van der Waals surface area contributed by atoms with Gasteiger partial charge < -0.3 is 15.4 Å². The van der Waals surface area contributed by atoms with Gasteiger partial charge in [0.25, 0.3) is 0 Å². The molecule has 0 heterocycles. The van der Waals surface area contributed by atoms with Gasteiger partial charge in [0.1, 0.15) is 6.61 Å². The summed E-state index contributed by atoms with van der Waals surface area (Å²) in [5.74, 6) is -0.116. The topological polar surface area (TPSA) is 67.4 Å². The highest BCUT2D eigenvalue weighted by Crippen LogP contribution is 2.10. The molecule has 5 heteroatoms. The zero-order valence-corrected chi connectivity index (χ0v) is 9.24. The van der Waals surface area contributed by atoms with Gasteiger partial charge >= 0.3 is 6.09 Å². The van der Waals surface area contributed by atoms with Gasteiger partial charge in [-0.15, -0.1) is 0 Å². The van der Waals surface area contributed by atoms with E-state index in [-0.39, 0.29) is 15.4 Å². The van der Waals surface area contributed by atoms with Gasteiger partial charge in [-0.2, -0.15) is 0 Å². The summed E-state index contributed by atoms with van der Waals surface area (Å²) in [5.41, 5.74) is 1.58. The maximum atomic E-state index is 10.8. The molecule has 0 saturated carbocycles. The van der Waals surface area contributed by atoms with E-state index < -0.39 is 6.09 Å². The largest absolute Gasteiger partial charge is 0.445 e. The number of carbonyl (C=O) groups excluding carboxylic acids is 2. The van der Waals surface area contributed by atoms with E-state index in [0.29, 0.717) is 0 Å². The summed E-state index contributed by atoms with van der Waals surface area (Å²) < 4.78 is 4.86. The number of ether oxygens (including phenoxy) is 1. The van der Waals surface area contributed by atoms with Crippen molar-refractivity contribution in [3.8, 4) is 0 Å². The van der Waals surface area contributed by atoms with Gasteiger partial charge in [0.15, 0.2) is 0 Å². The molecule has 0 aliphatic heterocycles. The third-order valence-electron chi connectivity index (χ3n) is 1.85. The number of benzene rings is 1. The van der Waals surface area contributed by atoms with Crippen LogP contribution in [0.25, 0.3) is 0 Å². The van der Waals surface area contributed by atoms with Crippen LogP contribution in [-0.2, 0) is 16.1 Å². The third-order valence-corrected chi connectivity index (χ3v) is 1.85. The minimum absolute atomic E-state index is 0. The van der Waals surface area contributed by atoms with Crippen molar-refractivity contribution >= 4 is 17.7 Å². The van der Waals surface area contributed by atoms with Gasteiger partial charge in [-0.05, 0) is 17.7 Å². The number of hydrogen-bond acceptors (Lipinski definition) is 3. The maximum absolute atomic E-state index is 10.8. The first-order valence-corrected chi connectivity index (χ1v) is 4.83. The molecule has 1 aromatic rings. The molecule has 0 bridgehead atoms. The standard InChI is InChI=1S/C11H14N2O3.2H2/c1-8(14)13-10-5-3-9(4-6-10)7-16-11(15)12-2;;/h3-6H,7H2,1-2H3,(H,12,15)(H,13,14);2*1H. The van der Waals surface area contributed by atoms with E-state index in [1.807, 2.05) is 0 Å². The van der Waals surface area contributed by atoms with Gasteiger partial charge in [0.2, 0.25) is 5.91 Å². The van der Waals surface area contributed by atoms with Gasteiger partial charge in [-0.3, -0.25) is 4.79 Å². The Hall–Kier alpha value is -2.04. The molecule has 2 N–H and O–H groups in total. The molecular formula is C11H18N2O3. The van der Waals surface area contributed by atoms with Crippen molar-refractivity contribution in [1.29, 1.82) is 0 Å². The Morgan fingerprint density at radius 2 is 1.94 bits per heavy atom. The van der Waals surface area contributed by atoms with Crippen molar-refractivity contribution in [2.24, 2.45) is 0 Å². The highest BCUT2D eigenvalue weighted by atomic mass is 16.5. The van der Waals surface area contributed by atoms with Crippen LogP contribution in [0.1, 0.15) is 15.3 Å². The van der Waals surface area contributed by atoms with Crippen LogP contribution in [0.5, 0.6) is 0 Å². The van der Waals surface area contributed by atoms with Gasteiger partial charge in [-0.25, -0.2) is 4.79 Å². The molecule has 0 aromatic heterocycles. The van der Waals surface area contributed by atoms with Gasteiger partial charge in [0, 0.05) is 22.5 Å². The average Bonchev–Trinajstić information content (AvgIpc) is 2.27. The smallest absolute Gasteiger partial charge is 0.407 e. The second kappa shape index (κ2) is 5.75. The Morgan fingerprint density at radius 3 is 2.44 bits per heavy atom. The van der Waals surface area contributed by atoms with Crippen LogP contribution in [0.2, 0.25) is 0 Å². The summed E-state index contributed by atoms with van der Waals surface area (Å²) in [6, 6.07) is 7.08. The Balaban J connectivity index is 0. The van der Waals surface area contributed by atoms with Crippen molar-refractivity contribution in [2.75, 3.05) is 12.4 Å². The number of hydrogen-bond donors (Lipinski definition) is 2. The van der Waals surface area contributed by atoms with E-state index in [0.717, 1.165) is 11.3 Å². The minimum Gasteiger partial charge on any atom is -0.445 e. The van der Waals surface area contributed by atoms with Gasteiger partial charge in [0.05, 0.1) is 0 Å². The van der Waals surface area contributed by atoms with Crippen LogP contribution in [0.4, 0.5) is 10.5 Å². The van der Waals surface area contributed by atoms with Crippen molar-refractivity contribution in [3.63, 3.8) is 0 Å². The number of alkyl carbamates (subject to hydrolysis) is 1. The number of anilines is 1. The summed E-state index contributed by atoms with van der Waals surface area (Å²) in [5, 5.41) is 5.00. The predicted octanol–water partition coefficient (Wildman–Crippen LogP) is 1.99. The molecule has 2 amide bonds. The Labute approximate surface area is 96.8 Å². The fourth-order valence-corrected chi connectivity index (χ4v) is 1.11. The van der Waals surface area contributed by atoms with Crippen LogP contribution in [0.15, 0.2) is 24.3 Å². The molecule has 5 nitrogen and oxygen atoms in total. The normalized spacial score (nSPS) is 9.38. The number of amides is 2. The number of rotatable bonds is 3. The Kier molecular flexibility index (Phi) is 4.32. The summed E-state index contributed by atoms with van der Waals surface area (Å²) in [6.07, 6.45) is -0.467. The maximum Gasteiger partial charge on any atom is 0.407 e. The molecule has 90 valence electrons. The summed E-state index contributed by atoms with van der Waals surface area (Å²) in [6.45, 7) is 1.66. The van der Waals surface area contributed by atoms with E-state index in [4.69, 9.17) is 4.74 Å². The average molecular weight is 226 g/mol. The molecule has 0 unspecified atom stereocenters. The number of nitrogens with one attached hydrogen (secondary N) is 2.